The standard InChI is InChI=1S/C11H18N2O9/c1-6(13(11(20)21)3-2-8(14)15)22-5-12-7(10(18)19)4-9(16)17/h6-7,12H,2-5H2,1H3,(H,14,15)(H,16,17)(H,18,19)(H,20,21). The fraction of sp³-hybridized carbons (Fsp3) is 0.636. The summed E-state index contributed by atoms with van der Waals surface area (Å²) in [4.78, 5) is 43.4. The van der Waals surface area contributed by atoms with Gasteiger partial charge in [0, 0.05) is 6.54 Å². The molecule has 11 heteroatoms. The average Bonchev–Trinajstić information content (AvgIpc) is 2.36. The van der Waals surface area contributed by atoms with Gasteiger partial charge in [0.05, 0.1) is 19.6 Å². The topological polar surface area (TPSA) is 174 Å². The molecular formula is C11H18N2O9. The van der Waals surface area contributed by atoms with Gasteiger partial charge in [-0.1, -0.05) is 0 Å². The van der Waals surface area contributed by atoms with Crippen LogP contribution in [0.1, 0.15) is 19.8 Å². The van der Waals surface area contributed by atoms with Crippen molar-refractivity contribution < 1.29 is 44.3 Å². The fourth-order valence-electron chi connectivity index (χ4n) is 1.43. The zero-order valence-corrected chi connectivity index (χ0v) is 11.8. The minimum absolute atomic E-state index is 0.302. The van der Waals surface area contributed by atoms with E-state index in [1.54, 1.807) is 0 Å². The number of hydrogen-bond acceptors (Lipinski definition) is 6. The number of carboxylic acids is 3. The highest BCUT2D eigenvalue weighted by Gasteiger charge is 2.23. The molecule has 1 amide bonds. The number of nitrogens with one attached hydrogen (secondary N) is 1. The summed E-state index contributed by atoms with van der Waals surface area (Å²) < 4.78 is 5.04. The second-order valence-corrected chi connectivity index (χ2v) is 4.22. The molecule has 0 aliphatic rings. The first-order chi connectivity index (χ1) is 10.1. The summed E-state index contributed by atoms with van der Waals surface area (Å²) in [5.41, 5.74) is 0. The van der Waals surface area contributed by atoms with Gasteiger partial charge in [-0.15, -0.1) is 0 Å². The predicted octanol–water partition coefficient (Wildman–Crippen LogP) is -0.721. The van der Waals surface area contributed by atoms with Crippen molar-refractivity contribution in [3.63, 3.8) is 0 Å². The van der Waals surface area contributed by atoms with Gasteiger partial charge in [0.1, 0.15) is 12.3 Å². The van der Waals surface area contributed by atoms with E-state index in [-0.39, 0.29) is 6.54 Å². The van der Waals surface area contributed by atoms with E-state index in [0.29, 0.717) is 0 Å². The highest BCUT2D eigenvalue weighted by molar-refractivity contribution is 5.80. The number of aliphatic carboxylic acids is 3. The van der Waals surface area contributed by atoms with Crippen LogP contribution in [0.3, 0.4) is 0 Å². The number of carboxylic acid groups (broad SMARTS) is 4. The molecule has 22 heavy (non-hydrogen) atoms. The molecular weight excluding hydrogens is 304 g/mol. The van der Waals surface area contributed by atoms with Crippen LogP contribution in [0.4, 0.5) is 4.79 Å². The maximum absolute atomic E-state index is 11.0. The third-order valence-electron chi connectivity index (χ3n) is 2.58. The Kier molecular flexibility index (Phi) is 8.48. The number of amides is 1. The molecule has 0 aliphatic heterocycles. The quantitative estimate of drug-likeness (QED) is 0.305. The minimum Gasteiger partial charge on any atom is -0.481 e. The van der Waals surface area contributed by atoms with Crippen molar-refractivity contribution in [3.05, 3.63) is 0 Å². The normalized spacial score (nSPS) is 13.1. The highest BCUT2D eigenvalue weighted by atomic mass is 16.5. The molecule has 0 radical (unpaired) electrons. The summed E-state index contributed by atoms with van der Waals surface area (Å²) in [6, 6.07) is -1.39. The maximum Gasteiger partial charge on any atom is 0.409 e. The van der Waals surface area contributed by atoms with E-state index >= 15 is 0 Å². The van der Waals surface area contributed by atoms with Crippen LogP contribution in [0.25, 0.3) is 0 Å². The molecule has 0 aliphatic carbocycles. The Morgan fingerprint density at radius 1 is 1.09 bits per heavy atom. The van der Waals surface area contributed by atoms with E-state index in [4.69, 9.17) is 25.2 Å². The average molecular weight is 322 g/mol. The zero-order valence-electron chi connectivity index (χ0n) is 11.8. The summed E-state index contributed by atoms with van der Waals surface area (Å²) in [6.07, 6.45) is -3.52. The second-order valence-electron chi connectivity index (χ2n) is 4.22. The lowest BCUT2D eigenvalue weighted by Crippen LogP contribution is -2.45. The number of ether oxygens (including phenoxy) is 1. The SMILES string of the molecule is CC(OCNC(CC(=O)O)C(=O)O)N(CCC(=O)O)C(=O)O. The van der Waals surface area contributed by atoms with Crippen LogP contribution in [0.2, 0.25) is 0 Å². The van der Waals surface area contributed by atoms with Crippen LogP contribution in [-0.2, 0) is 19.1 Å². The fourth-order valence-corrected chi connectivity index (χ4v) is 1.43. The van der Waals surface area contributed by atoms with E-state index in [2.05, 4.69) is 5.32 Å². The lowest BCUT2D eigenvalue weighted by Gasteiger charge is -2.26. The van der Waals surface area contributed by atoms with E-state index in [1.165, 1.54) is 6.92 Å². The van der Waals surface area contributed by atoms with Gasteiger partial charge in [-0.2, -0.15) is 0 Å². The molecule has 0 aromatic heterocycles. The van der Waals surface area contributed by atoms with Crippen LogP contribution in [0.15, 0.2) is 0 Å². The van der Waals surface area contributed by atoms with Crippen LogP contribution in [-0.4, -0.2) is 74.9 Å². The van der Waals surface area contributed by atoms with Gasteiger partial charge in [-0.3, -0.25) is 24.6 Å². The molecule has 11 nitrogen and oxygen atoms in total. The van der Waals surface area contributed by atoms with Crippen LogP contribution in [0, 0.1) is 0 Å². The summed E-state index contributed by atoms with van der Waals surface area (Å²) in [5.74, 6) is -3.88. The molecule has 2 atom stereocenters. The molecule has 126 valence electrons. The smallest absolute Gasteiger partial charge is 0.409 e. The van der Waals surface area contributed by atoms with E-state index in [0.717, 1.165) is 4.90 Å². The van der Waals surface area contributed by atoms with E-state index in [1.807, 2.05) is 0 Å². The molecule has 0 aromatic rings. The number of nitrogens with zero attached hydrogens (tertiary/aromatic N) is 1. The molecule has 0 saturated heterocycles. The summed E-state index contributed by atoms with van der Waals surface area (Å²) >= 11 is 0. The third-order valence-corrected chi connectivity index (χ3v) is 2.58. The summed E-state index contributed by atoms with van der Waals surface area (Å²) in [6.45, 7) is 0.621. The maximum atomic E-state index is 11.0. The lowest BCUT2D eigenvalue weighted by atomic mass is 10.2. The molecule has 0 bridgehead atoms. The molecule has 0 rings (SSSR count). The van der Waals surface area contributed by atoms with Crippen molar-refractivity contribution in [2.24, 2.45) is 0 Å². The first kappa shape index (κ1) is 19.6. The van der Waals surface area contributed by atoms with Gasteiger partial charge in [0.15, 0.2) is 0 Å². The van der Waals surface area contributed by atoms with Gasteiger partial charge in [0.25, 0.3) is 0 Å². The van der Waals surface area contributed by atoms with Crippen molar-refractivity contribution in [1.82, 2.24) is 10.2 Å². The lowest BCUT2D eigenvalue weighted by molar-refractivity contribution is -0.147. The molecule has 0 saturated carbocycles. The largest absolute Gasteiger partial charge is 0.481 e. The number of rotatable bonds is 11. The van der Waals surface area contributed by atoms with E-state index in [9.17, 15) is 19.2 Å². The van der Waals surface area contributed by atoms with Crippen molar-refractivity contribution in [2.75, 3.05) is 13.3 Å². The molecule has 0 aromatic carbocycles. The Hall–Kier alpha value is -2.40. The Morgan fingerprint density at radius 2 is 1.68 bits per heavy atom. The molecule has 0 heterocycles. The van der Waals surface area contributed by atoms with Crippen LogP contribution < -0.4 is 5.32 Å². The van der Waals surface area contributed by atoms with Gasteiger partial charge in [-0.05, 0) is 6.92 Å². The monoisotopic (exact) mass is 322 g/mol. The highest BCUT2D eigenvalue weighted by Crippen LogP contribution is 2.03. The van der Waals surface area contributed by atoms with Gasteiger partial charge < -0.3 is 25.2 Å². The van der Waals surface area contributed by atoms with Crippen molar-refractivity contribution in [3.8, 4) is 0 Å². The molecule has 0 spiro atoms. The Bertz CT molecular complexity index is 426. The molecule has 5 N–H and O–H groups in total. The first-order valence-electron chi connectivity index (χ1n) is 6.16. The molecule has 0 fully saturated rings. The number of carbonyl (C=O) groups is 4. The second kappa shape index (κ2) is 9.52. The van der Waals surface area contributed by atoms with Gasteiger partial charge in [-0.25, -0.2) is 4.79 Å². The molecule has 2 unspecified atom stereocenters. The number of hydrogen-bond donors (Lipinski definition) is 5. The summed E-state index contributed by atoms with van der Waals surface area (Å²) in [7, 11) is 0. The van der Waals surface area contributed by atoms with Crippen LogP contribution in [0.5, 0.6) is 0 Å². The van der Waals surface area contributed by atoms with Crippen molar-refractivity contribution in [1.29, 1.82) is 0 Å². The predicted molar refractivity (Wildman–Crippen MR) is 69.2 cm³/mol. The van der Waals surface area contributed by atoms with Crippen molar-refractivity contribution in [2.45, 2.75) is 32.0 Å². The van der Waals surface area contributed by atoms with Gasteiger partial charge in [0.2, 0.25) is 0 Å². The van der Waals surface area contributed by atoms with Gasteiger partial charge >= 0.3 is 24.0 Å². The van der Waals surface area contributed by atoms with E-state index < -0.39 is 55.8 Å². The Balaban J connectivity index is 4.39. The first-order valence-corrected chi connectivity index (χ1v) is 6.16. The van der Waals surface area contributed by atoms with Crippen molar-refractivity contribution >= 4 is 24.0 Å². The Morgan fingerprint density at radius 3 is 2.09 bits per heavy atom. The minimum atomic E-state index is -1.39. The third kappa shape index (κ3) is 8.01. The van der Waals surface area contributed by atoms with Crippen LogP contribution >= 0.6 is 0 Å². The Labute approximate surface area is 125 Å². The zero-order chi connectivity index (χ0) is 17.3. The summed E-state index contributed by atoms with van der Waals surface area (Å²) in [5, 5.41) is 37.1.